The Bertz CT molecular complexity index is 463. The van der Waals surface area contributed by atoms with Crippen molar-refractivity contribution in [2.75, 3.05) is 25.6 Å². The molecule has 1 aromatic heterocycles. The highest BCUT2D eigenvalue weighted by atomic mass is 16.5. The molecule has 0 atom stereocenters. The van der Waals surface area contributed by atoms with Crippen molar-refractivity contribution < 1.29 is 9.53 Å². The number of nitrogens with zero attached hydrogens (tertiary/aromatic N) is 2. The smallest absolute Gasteiger partial charge is 0.342 e. The van der Waals surface area contributed by atoms with Gasteiger partial charge in [0.1, 0.15) is 6.54 Å². The quantitative estimate of drug-likeness (QED) is 0.567. The van der Waals surface area contributed by atoms with Gasteiger partial charge < -0.3 is 9.64 Å². The molecule has 1 aromatic rings. The van der Waals surface area contributed by atoms with E-state index in [1.165, 1.54) is 19.1 Å². The average molecular weight is 214 g/mol. The largest absolute Gasteiger partial charge is 0.468 e. The number of nitrogens with one attached hydrogen (secondary N) is 2. The molecule has 0 aromatic carbocycles. The van der Waals surface area contributed by atoms with E-state index in [0.29, 0.717) is 0 Å². The highest BCUT2D eigenvalue weighted by Gasteiger charge is 2.12. The van der Waals surface area contributed by atoms with E-state index < -0.39 is 17.2 Å². The minimum atomic E-state index is -0.699. The number of H-pyrrole nitrogens is 2. The van der Waals surface area contributed by atoms with E-state index in [-0.39, 0.29) is 12.4 Å². The molecule has 0 aliphatic carbocycles. The van der Waals surface area contributed by atoms with Crippen LogP contribution < -0.4 is 16.1 Å². The Labute approximate surface area is 83.9 Å². The molecule has 2 N–H and O–H groups in total. The predicted octanol–water partition coefficient (Wildman–Crippen LogP) is -1.93. The number of aromatic amines is 2. The molecule has 0 bridgehead atoms. The molecule has 15 heavy (non-hydrogen) atoms. The monoisotopic (exact) mass is 214 g/mol. The first-order valence-corrected chi connectivity index (χ1v) is 4.01. The lowest BCUT2D eigenvalue weighted by atomic mass is 10.5. The van der Waals surface area contributed by atoms with Gasteiger partial charge >= 0.3 is 11.7 Å². The van der Waals surface area contributed by atoms with Crippen LogP contribution in [0.2, 0.25) is 0 Å². The van der Waals surface area contributed by atoms with Crippen molar-refractivity contribution in [3.63, 3.8) is 0 Å². The molecule has 1 rings (SSSR count). The third kappa shape index (κ3) is 2.66. The number of esters is 1. The van der Waals surface area contributed by atoms with Crippen molar-refractivity contribution in [2.24, 2.45) is 0 Å². The Hall–Kier alpha value is -2.12. The van der Waals surface area contributed by atoms with Crippen molar-refractivity contribution >= 4 is 11.8 Å². The van der Waals surface area contributed by atoms with Gasteiger partial charge in [0.2, 0.25) is 5.82 Å². The van der Waals surface area contributed by atoms with Crippen LogP contribution in [0.1, 0.15) is 0 Å². The maximum Gasteiger partial charge on any atom is 0.342 e. The molecule has 0 aliphatic heterocycles. The standard InChI is InChI=1S/C7H10N4O4/c1-11(3-4(12)15-2)5-6(13)8-7(14)10-9-5/h3H2,1-2H3,(H2,8,10,13,14). The second-order valence-electron chi connectivity index (χ2n) is 2.76. The number of aromatic nitrogens is 3. The summed E-state index contributed by atoms with van der Waals surface area (Å²) in [6.07, 6.45) is 0. The van der Waals surface area contributed by atoms with Crippen LogP contribution in [0.25, 0.3) is 0 Å². The summed E-state index contributed by atoms with van der Waals surface area (Å²) in [5, 5.41) is 5.56. The summed E-state index contributed by atoms with van der Waals surface area (Å²) in [5.41, 5.74) is -1.36. The second kappa shape index (κ2) is 4.40. The Morgan fingerprint density at radius 3 is 2.73 bits per heavy atom. The third-order valence-corrected chi connectivity index (χ3v) is 1.65. The third-order valence-electron chi connectivity index (χ3n) is 1.65. The molecule has 0 unspecified atom stereocenters. The maximum absolute atomic E-state index is 11.2. The van der Waals surface area contributed by atoms with Crippen LogP contribution in [0.4, 0.5) is 5.82 Å². The van der Waals surface area contributed by atoms with E-state index in [2.05, 4.69) is 14.9 Å². The van der Waals surface area contributed by atoms with E-state index in [1.54, 1.807) is 0 Å². The van der Waals surface area contributed by atoms with Crippen LogP contribution in [0.15, 0.2) is 9.59 Å². The van der Waals surface area contributed by atoms with Crippen molar-refractivity contribution in [3.05, 3.63) is 20.8 Å². The first kappa shape index (κ1) is 11.0. The van der Waals surface area contributed by atoms with Gasteiger partial charge in [-0.25, -0.2) is 9.89 Å². The Balaban J connectivity index is 2.92. The van der Waals surface area contributed by atoms with Crippen LogP contribution in [-0.4, -0.2) is 41.9 Å². The van der Waals surface area contributed by atoms with E-state index in [9.17, 15) is 14.4 Å². The lowest BCUT2D eigenvalue weighted by molar-refractivity contribution is -0.138. The van der Waals surface area contributed by atoms with Gasteiger partial charge in [-0.2, -0.15) is 0 Å². The fourth-order valence-corrected chi connectivity index (χ4v) is 0.933. The summed E-state index contributed by atoms with van der Waals surface area (Å²) in [6, 6.07) is 0. The molecule has 1 heterocycles. The summed E-state index contributed by atoms with van der Waals surface area (Å²) < 4.78 is 4.41. The number of ether oxygens (including phenoxy) is 1. The second-order valence-corrected chi connectivity index (χ2v) is 2.76. The van der Waals surface area contributed by atoms with Crippen molar-refractivity contribution in [3.8, 4) is 0 Å². The predicted molar refractivity (Wildman–Crippen MR) is 50.8 cm³/mol. The first-order chi connectivity index (χ1) is 7.04. The summed E-state index contributed by atoms with van der Waals surface area (Å²) >= 11 is 0. The number of rotatable bonds is 3. The molecule has 0 spiro atoms. The molecular weight excluding hydrogens is 204 g/mol. The Morgan fingerprint density at radius 2 is 2.20 bits per heavy atom. The number of carbonyl (C=O) groups is 1. The van der Waals surface area contributed by atoms with E-state index in [0.717, 1.165) is 0 Å². The van der Waals surface area contributed by atoms with Gasteiger partial charge in [-0.3, -0.25) is 14.6 Å². The van der Waals surface area contributed by atoms with Gasteiger partial charge in [-0.05, 0) is 0 Å². The number of hydrogen-bond acceptors (Lipinski definition) is 6. The average Bonchev–Trinajstić information content (AvgIpc) is 2.17. The lowest BCUT2D eigenvalue weighted by Crippen LogP contribution is -2.35. The number of likely N-dealkylation sites (N-methyl/N-ethyl adjacent to an activating group) is 1. The summed E-state index contributed by atoms with van der Waals surface area (Å²) in [6.45, 7) is -0.126. The van der Waals surface area contributed by atoms with E-state index in [4.69, 9.17) is 0 Å². The Kier molecular flexibility index (Phi) is 3.21. The summed E-state index contributed by atoms with van der Waals surface area (Å²) in [7, 11) is 2.72. The minimum Gasteiger partial charge on any atom is -0.468 e. The normalized spacial score (nSPS) is 9.73. The van der Waals surface area contributed by atoms with E-state index >= 15 is 0 Å². The summed E-state index contributed by atoms with van der Waals surface area (Å²) in [4.78, 5) is 36.0. The summed E-state index contributed by atoms with van der Waals surface area (Å²) in [5.74, 6) is -0.565. The molecule has 0 aliphatic rings. The van der Waals surface area contributed by atoms with Gasteiger partial charge in [0.15, 0.2) is 0 Å². The number of carbonyl (C=O) groups excluding carboxylic acids is 1. The van der Waals surface area contributed by atoms with Gasteiger partial charge in [-0.1, -0.05) is 0 Å². The van der Waals surface area contributed by atoms with E-state index in [1.807, 2.05) is 4.98 Å². The molecule has 82 valence electrons. The van der Waals surface area contributed by atoms with Crippen LogP contribution in [0.3, 0.4) is 0 Å². The highest BCUT2D eigenvalue weighted by molar-refractivity contribution is 5.74. The fourth-order valence-electron chi connectivity index (χ4n) is 0.933. The first-order valence-electron chi connectivity index (χ1n) is 4.01. The topological polar surface area (TPSA) is 108 Å². The zero-order chi connectivity index (χ0) is 11.4. The molecule has 0 saturated carbocycles. The molecular formula is C7H10N4O4. The lowest BCUT2D eigenvalue weighted by Gasteiger charge is -2.13. The van der Waals surface area contributed by atoms with Crippen molar-refractivity contribution in [2.45, 2.75) is 0 Å². The molecule has 8 nitrogen and oxygen atoms in total. The molecule has 0 fully saturated rings. The zero-order valence-corrected chi connectivity index (χ0v) is 8.23. The number of anilines is 1. The molecule has 8 heteroatoms. The molecule has 0 radical (unpaired) electrons. The fraction of sp³-hybridized carbons (Fsp3) is 0.429. The Morgan fingerprint density at radius 1 is 1.53 bits per heavy atom. The van der Waals surface area contributed by atoms with Gasteiger partial charge in [0.05, 0.1) is 7.11 Å². The van der Waals surface area contributed by atoms with Crippen LogP contribution in [0, 0.1) is 0 Å². The van der Waals surface area contributed by atoms with Crippen molar-refractivity contribution in [1.29, 1.82) is 0 Å². The van der Waals surface area contributed by atoms with Crippen LogP contribution >= 0.6 is 0 Å². The van der Waals surface area contributed by atoms with Gasteiger partial charge in [0.25, 0.3) is 5.56 Å². The SMILES string of the molecule is COC(=O)CN(C)c1n[nH]c(=O)[nH]c1=O. The zero-order valence-electron chi connectivity index (χ0n) is 8.23. The van der Waals surface area contributed by atoms with Gasteiger partial charge in [0, 0.05) is 7.05 Å². The van der Waals surface area contributed by atoms with Crippen LogP contribution in [0.5, 0.6) is 0 Å². The molecule has 0 amide bonds. The maximum atomic E-state index is 11.2. The number of hydrogen-bond donors (Lipinski definition) is 2. The van der Waals surface area contributed by atoms with Gasteiger partial charge in [-0.15, -0.1) is 5.10 Å². The molecule has 0 saturated heterocycles. The van der Waals surface area contributed by atoms with Crippen LogP contribution in [-0.2, 0) is 9.53 Å². The van der Waals surface area contributed by atoms with Crippen molar-refractivity contribution in [1.82, 2.24) is 15.2 Å². The minimum absolute atomic E-state index is 0.0556. The number of methoxy groups -OCH3 is 1. The highest BCUT2D eigenvalue weighted by Crippen LogP contribution is 1.96.